The van der Waals surface area contributed by atoms with Crippen molar-refractivity contribution in [2.45, 2.75) is 13.3 Å². The van der Waals surface area contributed by atoms with E-state index in [2.05, 4.69) is 0 Å². The van der Waals surface area contributed by atoms with E-state index in [0.29, 0.717) is 33.1 Å². The first-order chi connectivity index (χ1) is 14.0. The third-order valence-corrected chi connectivity index (χ3v) is 5.02. The molecule has 3 rings (SSSR count). The number of halogens is 2. The predicted molar refractivity (Wildman–Crippen MR) is 114 cm³/mol. The largest absolute Gasteiger partial charge is 0.497 e. The summed E-state index contributed by atoms with van der Waals surface area (Å²) < 4.78 is 12.1. The molecule has 5 nitrogen and oxygen atoms in total. The van der Waals surface area contributed by atoms with Crippen LogP contribution < -0.4 is 4.74 Å². The first kappa shape index (κ1) is 21.0. The molecule has 0 unspecified atom stereocenters. The molecular formula is C22H19Cl2NO4. The monoisotopic (exact) mass is 431 g/mol. The molecular weight excluding hydrogens is 413 g/mol. The van der Waals surface area contributed by atoms with E-state index < -0.39 is 5.97 Å². The van der Waals surface area contributed by atoms with Gasteiger partial charge in [-0.25, -0.2) is 0 Å². The van der Waals surface area contributed by atoms with Crippen molar-refractivity contribution in [1.29, 1.82) is 0 Å². The maximum atomic E-state index is 13.2. The molecule has 0 bridgehead atoms. The van der Waals surface area contributed by atoms with E-state index in [4.69, 9.17) is 32.7 Å². The van der Waals surface area contributed by atoms with Gasteiger partial charge in [-0.2, -0.15) is 0 Å². The Balaban J connectivity index is 2.08. The Labute approximate surface area is 178 Å². The van der Waals surface area contributed by atoms with Crippen LogP contribution in [0.5, 0.6) is 5.75 Å². The van der Waals surface area contributed by atoms with E-state index in [1.165, 1.54) is 11.6 Å². The van der Waals surface area contributed by atoms with Gasteiger partial charge in [0.1, 0.15) is 12.4 Å². The van der Waals surface area contributed by atoms with Crippen molar-refractivity contribution in [3.05, 3.63) is 75.9 Å². The zero-order chi connectivity index (χ0) is 21.0. The highest BCUT2D eigenvalue weighted by molar-refractivity contribution is 6.30. The van der Waals surface area contributed by atoms with Crippen molar-refractivity contribution >= 4 is 46.0 Å². The number of carbonyl (C=O) groups is 2. The third-order valence-electron chi connectivity index (χ3n) is 4.59. The average Bonchev–Trinajstić information content (AvgIpc) is 2.99. The van der Waals surface area contributed by atoms with Gasteiger partial charge in [0.15, 0.2) is 0 Å². The normalized spacial score (nSPS) is 11.2. The number of hydrogen-bond acceptors (Lipinski definition) is 4. The lowest BCUT2D eigenvalue weighted by molar-refractivity contribution is -0.141. The molecule has 2 aromatic carbocycles. The molecule has 0 saturated carbocycles. The van der Waals surface area contributed by atoms with E-state index in [1.807, 2.05) is 13.0 Å². The third kappa shape index (κ3) is 4.47. The van der Waals surface area contributed by atoms with Gasteiger partial charge in [0.2, 0.25) is 0 Å². The molecule has 0 saturated heterocycles. The van der Waals surface area contributed by atoms with Gasteiger partial charge in [0.05, 0.1) is 19.0 Å². The molecule has 1 heterocycles. The van der Waals surface area contributed by atoms with Crippen LogP contribution in [0.25, 0.3) is 10.9 Å². The lowest BCUT2D eigenvalue weighted by atomic mass is 10.1. The maximum Gasteiger partial charge on any atom is 0.310 e. The van der Waals surface area contributed by atoms with Crippen LogP contribution in [0.15, 0.2) is 54.1 Å². The highest BCUT2D eigenvalue weighted by Gasteiger charge is 2.22. The van der Waals surface area contributed by atoms with Crippen LogP contribution in [0.1, 0.15) is 21.6 Å². The number of ether oxygens (including phenoxy) is 2. The smallest absolute Gasteiger partial charge is 0.310 e. The zero-order valence-corrected chi connectivity index (χ0v) is 17.5. The van der Waals surface area contributed by atoms with Crippen molar-refractivity contribution in [3.63, 3.8) is 0 Å². The maximum absolute atomic E-state index is 13.2. The zero-order valence-electron chi connectivity index (χ0n) is 15.9. The summed E-state index contributed by atoms with van der Waals surface area (Å²) >= 11 is 11.4. The highest BCUT2D eigenvalue weighted by atomic mass is 35.5. The van der Waals surface area contributed by atoms with E-state index in [1.54, 1.807) is 48.1 Å². The molecule has 1 aromatic heterocycles. The topological polar surface area (TPSA) is 57.5 Å². The first-order valence-electron chi connectivity index (χ1n) is 8.85. The Hall–Kier alpha value is -2.76. The Morgan fingerprint density at radius 1 is 1.14 bits per heavy atom. The second-order valence-electron chi connectivity index (χ2n) is 6.32. The van der Waals surface area contributed by atoms with Gasteiger partial charge in [0.25, 0.3) is 5.91 Å². The highest BCUT2D eigenvalue weighted by Crippen LogP contribution is 2.31. The Kier molecular flexibility index (Phi) is 6.62. The molecule has 7 heteroatoms. The van der Waals surface area contributed by atoms with Gasteiger partial charge < -0.3 is 9.47 Å². The fourth-order valence-corrected chi connectivity index (χ4v) is 3.37. The van der Waals surface area contributed by atoms with E-state index >= 15 is 0 Å². The van der Waals surface area contributed by atoms with Gasteiger partial charge in [0, 0.05) is 27.2 Å². The summed E-state index contributed by atoms with van der Waals surface area (Å²) in [5, 5.41) is 1.31. The number of aromatic nitrogens is 1. The lowest BCUT2D eigenvalue weighted by Crippen LogP contribution is -2.14. The molecule has 0 atom stereocenters. The van der Waals surface area contributed by atoms with E-state index in [-0.39, 0.29) is 18.9 Å². The molecule has 0 radical (unpaired) electrons. The fourth-order valence-electron chi connectivity index (χ4n) is 3.17. The van der Waals surface area contributed by atoms with Crippen molar-refractivity contribution in [2.24, 2.45) is 0 Å². The van der Waals surface area contributed by atoms with Gasteiger partial charge >= 0.3 is 5.97 Å². The second kappa shape index (κ2) is 9.16. The Morgan fingerprint density at radius 3 is 2.52 bits per heavy atom. The van der Waals surface area contributed by atoms with Gasteiger partial charge in [-0.1, -0.05) is 23.2 Å². The fraction of sp³-hybridized carbons (Fsp3) is 0.182. The summed E-state index contributed by atoms with van der Waals surface area (Å²) in [6.45, 7) is 1.90. The van der Waals surface area contributed by atoms with Crippen LogP contribution in [-0.2, 0) is 16.0 Å². The molecule has 0 N–H and O–H groups in total. The van der Waals surface area contributed by atoms with Crippen LogP contribution >= 0.6 is 23.2 Å². The lowest BCUT2D eigenvalue weighted by Gasteiger charge is -2.08. The molecule has 29 heavy (non-hydrogen) atoms. The summed E-state index contributed by atoms with van der Waals surface area (Å²) in [6, 6.07) is 12.1. The van der Waals surface area contributed by atoms with E-state index in [0.717, 1.165) is 5.39 Å². The second-order valence-corrected chi connectivity index (χ2v) is 7.00. The number of hydrogen-bond donors (Lipinski definition) is 0. The molecule has 0 aliphatic heterocycles. The Bertz CT molecular complexity index is 1080. The minimum Gasteiger partial charge on any atom is -0.497 e. The summed E-state index contributed by atoms with van der Waals surface area (Å²) in [7, 11) is 1.57. The van der Waals surface area contributed by atoms with E-state index in [9.17, 15) is 9.59 Å². The van der Waals surface area contributed by atoms with Crippen LogP contribution in [0.2, 0.25) is 5.02 Å². The number of esters is 1. The molecule has 0 amide bonds. The molecule has 150 valence electrons. The number of fused-ring (bicyclic) bond motifs is 1. The summed E-state index contributed by atoms with van der Waals surface area (Å²) in [4.78, 5) is 25.5. The number of rotatable bonds is 6. The average molecular weight is 432 g/mol. The first-order valence-corrected chi connectivity index (χ1v) is 9.66. The SMILES string of the molecule is COc1ccc2c(c1)c(CC(=O)OCC=CCl)c(C)n2C(=O)c1ccc(Cl)cc1. The van der Waals surface area contributed by atoms with Gasteiger partial charge in [-0.3, -0.25) is 14.2 Å². The molecule has 0 aliphatic rings. The number of methoxy groups -OCH3 is 1. The Morgan fingerprint density at radius 2 is 1.86 bits per heavy atom. The molecule has 0 aliphatic carbocycles. The standard InChI is InChI=1S/C22H19Cl2NO4/c1-14-18(13-21(26)29-11-3-10-23)19-12-17(28-2)8-9-20(19)25(14)22(27)15-4-6-16(24)7-5-15/h3-10,12H,11,13H2,1-2H3. The van der Waals surface area contributed by atoms with Gasteiger partial charge in [-0.05, 0) is 61.0 Å². The minimum atomic E-state index is -0.413. The minimum absolute atomic E-state index is 0.0204. The van der Waals surface area contributed by atoms with Crippen molar-refractivity contribution in [1.82, 2.24) is 4.57 Å². The van der Waals surface area contributed by atoms with Gasteiger partial charge in [-0.15, -0.1) is 0 Å². The predicted octanol–water partition coefficient (Wildman–Crippen LogP) is 5.14. The van der Waals surface area contributed by atoms with Crippen molar-refractivity contribution < 1.29 is 19.1 Å². The summed E-state index contributed by atoms with van der Waals surface area (Å²) in [6.07, 6.45) is 1.55. The van der Waals surface area contributed by atoms with Crippen LogP contribution in [-0.4, -0.2) is 30.2 Å². The summed E-state index contributed by atoms with van der Waals surface area (Å²) in [5.74, 6) is 0.0102. The quantitative estimate of drug-likeness (QED) is 0.507. The number of nitrogens with zero attached hydrogens (tertiary/aromatic N) is 1. The van der Waals surface area contributed by atoms with Crippen LogP contribution in [0.4, 0.5) is 0 Å². The van der Waals surface area contributed by atoms with Crippen molar-refractivity contribution in [3.8, 4) is 5.75 Å². The number of carbonyl (C=O) groups excluding carboxylic acids is 2. The molecule has 0 fully saturated rings. The number of benzene rings is 2. The molecule has 0 spiro atoms. The van der Waals surface area contributed by atoms with Crippen molar-refractivity contribution in [2.75, 3.05) is 13.7 Å². The van der Waals surface area contributed by atoms with Crippen LogP contribution in [0, 0.1) is 6.92 Å². The summed E-state index contributed by atoms with van der Waals surface area (Å²) in [5.41, 5.74) is 3.84. The molecule has 3 aromatic rings. The van der Waals surface area contributed by atoms with Crippen LogP contribution in [0.3, 0.4) is 0 Å².